The normalized spacial score (nSPS) is 17.9. The summed E-state index contributed by atoms with van der Waals surface area (Å²) in [6.07, 6.45) is -0.822. The maximum Gasteiger partial charge on any atom is 0.414 e. The summed E-state index contributed by atoms with van der Waals surface area (Å²) in [6, 6.07) is 8.68. The minimum Gasteiger partial charge on any atom is -0.493 e. The number of rotatable bonds is 46. The van der Waals surface area contributed by atoms with Gasteiger partial charge in [-0.15, -0.1) is 0 Å². The molecular weight excluding hydrogens is 1410 g/mol. The number of amides is 10. The van der Waals surface area contributed by atoms with Crippen molar-refractivity contribution in [3.05, 3.63) is 77.4 Å². The predicted molar refractivity (Wildman–Crippen MR) is 379 cm³/mol. The second kappa shape index (κ2) is 42.9. The molecular formula is C72H99N9O26. The molecule has 3 unspecified atom stereocenters. The van der Waals surface area contributed by atoms with Gasteiger partial charge in [0.25, 0.3) is 23.6 Å². The van der Waals surface area contributed by atoms with Gasteiger partial charge in [-0.3, -0.25) is 48.2 Å². The maximum absolute atomic E-state index is 14.2. The van der Waals surface area contributed by atoms with Gasteiger partial charge in [-0.1, -0.05) is 26.0 Å². The number of nitrogens with one attached hydrogen (secondary N) is 4. The molecule has 107 heavy (non-hydrogen) atoms. The molecule has 0 spiro atoms. The topological polar surface area (TPSA) is 416 Å². The highest BCUT2D eigenvalue weighted by molar-refractivity contribution is 6.13. The van der Waals surface area contributed by atoms with Crippen LogP contribution < -0.4 is 50.0 Å². The lowest BCUT2D eigenvalue weighted by molar-refractivity contribution is -0.137. The summed E-state index contributed by atoms with van der Waals surface area (Å²) in [5, 5.41) is 43.2. The van der Waals surface area contributed by atoms with Gasteiger partial charge < -0.3 is 108 Å². The third-order valence-corrected chi connectivity index (χ3v) is 17.8. The van der Waals surface area contributed by atoms with Crippen LogP contribution in [0.4, 0.5) is 26.7 Å². The van der Waals surface area contributed by atoms with Crippen LogP contribution in [-0.4, -0.2) is 292 Å². The Hall–Kier alpha value is -9.30. The molecule has 0 aromatic heterocycles. The zero-order valence-electron chi connectivity index (χ0n) is 61.0. The van der Waals surface area contributed by atoms with E-state index in [0.717, 1.165) is 9.80 Å². The third kappa shape index (κ3) is 24.4. The van der Waals surface area contributed by atoms with E-state index in [4.69, 9.17) is 61.6 Å². The van der Waals surface area contributed by atoms with E-state index >= 15 is 0 Å². The average Bonchev–Trinajstić information content (AvgIpc) is 1.69. The second-order valence-electron chi connectivity index (χ2n) is 25.6. The number of carboxylic acid groups (broad SMARTS) is 1. The van der Waals surface area contributed by atoms with Gasteiger partial charge in [0.1, 0.15) is 18.7 Å². The first-order valence-electron chi connectivity index (χ1n) is 35.7. The molecule has 0 aliphatic carbocycles. The highest BCUT2D eigenvalue weighted by Crippen LogP contribution is 2.43. The van der Waals surface area contributed by atoms with Gasteiger partial charge in [0.2, 0.25) is 23.6 Å². The zero-order valence-corrected chi connectivity index (χ0v) is 61.0. The second-order valence-corrected chi connectivity index (χ2v) is 25.6. The number of carbonyl (C=O) groups is 10. The molecule has 5 aliphatic rings. The Balaban J connectivity index is 0.660. The summed E-state index contributed by atoms with van der Waals surface area (Å²) in [4.78, 5) is 135. The first-order valence-corrected chi connectivity index (χ1v) is 35.7. The summed E-state index contributed by atoms with van der Waals surface area (Å²) in [6.45, 7) is 10.9. The lowest BCUT2D eigenvalue weighted by atomic mass is 10.0. The molecule has 588 valence electrons. The van der Waals surface area contributed by atoms with Crippen molar-refractivity contribution in [3.63, 3.8) is 0 Å². The van der Waals surface area contributed by atoms with E-state index in [-0.39, 0.29) is 142 Å². The van der Waals surface area contributed by atoms with Gasteiger partial charge in [-0.25, -0.2) is 14.5 Å². The fourth-order valence-corrected chi connectivity index (χ4v) is 12.1. The molecule has 35 heteroatoms. The largest absolute Gasteiger partial charge is 0.493 e. The fourth-order valence-electron chi connectivity index (χ4n) is 12.1. The van der Waals surface area contributed by atoms with Crippen molar-refractivity contribution in [2.45, 2.75) is 102 Å². The van der Waals surface area contributed by atoms with E-state index in [2.05, 4.69) is 21.3 Å². The van der Waals surface area contributed by atoms with Crippen molar-refractivity contribution in [2.24, 2.45) is 5.92 Å². The van der Waals surface area contributed by atoms with E-state index in [1.807, 2.05) is 0 Å². The smallest absolute Gasteiger partial charge is 0.414 e. The molecule has 10 amide bonds. The highest BCUT2D eigenvalue weighted by Gasteiger charge is 2.46. The molecule has 3 aromatic rings. The molecule has 5 heterocycles. The van der Waals surface area contributed by atoms with Crippen molar-refractivity contribution in [1.29, 1.82) is 0 Å². The van der Waals surface area contributed by atoms with Crippen LogP contribution in [0, 0.1) is 5.92 Å². The Morgan fingerprint density at radius 2 is 1.07 bits per heavy atom. The van der Waals surface area contributed by atoms with Crippen LogP contribution in [0.3, 0.4) is 0 Å². The number of nitrogens with zero attached hydrogens (tertiary/aromatic N) is 5. The fraction of sp³-hybridized carbons (Fsp3) is 0.583. The Bertz CT molecular complexity index is 3510. The molecule has 2 fully saturated rings. The van der Waals surface area contributed by atoms with Crippen LogP contribution in [0.25, 0.3) is 0 Å². The first-order chi connectivity index (χ1) is 51.7. The molecule has 0 radical (unpaired) electrons. The van der Waals surface area contributed by atoms with E-state index in [1.165, 1.54) is 72.3 Å². The SMILES string of the molecule is COc1cc2c(cc1OCCCOc1cc3c(cc1OC)C(=O)N1CCCC1C(O)N3C(=O)O)N(C(=O)OCc1ccc(NC(=O)[C@H](C)NC(=O)[C@@H](NC(=O)CCOCCOCCOCCOCCOCCOCCOCCOCCNC(=O)CCN3C(=O)C=CC3=O)C(C)C)cc1)C[C@H]1C(O)CCN1C2=O. The summed E-state index contributed by atoms with van der Waals surface area (Å²) in [7, 11) is 2.77. The van der Waals surface area contributed by atoms with Crippen molar-refractivity contribution in [1.82, 2.24) is 30.7 Å². The standard InChI is InChI=1S/C72H99N9O26/c1-46(2)65(76-62(84)17-24-97-26-28-99-30-32-101-34-36-103-38-39-104-37-35-102-33-31-100-29-27-98-25-18-73-61(83)16-21-79-63(85)13-14-64(79)86)67(88)74-47(3)66(87)75-49-11-9-48(10-12-49)45-107-72(94)80-44-55-56(82)15-20-78(55)68(89)50-40-57(95-4)59(42-53(50)80)105-22-7-23-106-60-43-54-51(41-58(60)96-5)69(90)77-19-6-8-52(77)70(91)81(54)71(92)93/h9-14,40-43,46-47,52,55-56,65,70,82,91H,6-8,15-39,44-45H2,1-5H3,(H,73,83)(H,74,88)(H,75,87)(H,76,84)(H,92,93)/t47-,52?,55-,56?,65-,70?/m0/s1. The molecule has 2 saturated heterocycles. The van der Waals surface area contributed by atoms with Gasteiger partial charge >= 0.3 is 12.2 Å². The van der Waals surface area contributed by atoms with Gasteiger partial charge in [0.15, 0.2) is 29.2 Å². The number of carbonyl (C=O) groups excluding carboxylic acids is 9. The lowest BCUT2D eigenvalue weighted by Crippen LogP contribution is -2.53. The number of ether oxygens (including phenoxy) is 13. The molecule has 0 saturated carbocycles. The van der Waals surface area contributed by atoms with Crippen LogP contribution in [0.5, 0.6) is 23.0 Å². The maximum atomic E-state index is 14.2. The molecule has 35 nitrogen and oxygen atoms in total. The van der Waals surface area contributed by atoms with Gasteiger partial charge in [0, 0.05) is 75.4 Å². The minimum atomic E-state index is -1.51. The molecule has 5 aliphatic heterocycles. The summed E-state index contributed by atoms with van der Waals surface area (Å²) >= 11 is 0. The number of aliphatic hydroxyl groups is 2. The van der Waals surface area contributed by atoms with Gasteiger partial charge in [-0.05, 0) is 61.9 Å². The quantitative estimate of drug-likeness (QED) is 0.0315. The lowest BCUT2D eigenvalue weighted by Gasteiger charge is -2.30. The van der Waals surface area contributed by atoms with Crippen molar-refractivity contribution in [2.75, 3.05) is 181 Å². The Labute approximate surface area is 619 Å². The van der Waals surface area contributed by atoms with Crippen LogP contribution in [-0.2, 0) is 78.0 Å². The van der Waals surface area contributed by atoms with Crippen molar-refractivity contribution < 1.29 is 125 Å². The number of aliphatic hydroxyl groups excluding tert-OH is 2. The van der Waals surface area contributed by atoms with E-state index in [0.29, 0.717) is 123 Å². The van der Waals surface area contributed by atoms with Gasteiger partial charge in [-0.2, -0.15) is 0 Å². The summed E-state index contributed by atoms with van der Waals surface area (Å²) in [5.41, 5.74) is 1.13. The minimum absolute atomic E-state index is 0.00543. The number of methoxy groups -OCH3 is 2. The molecule has 0 bridgehead atoms. The third-order valence-electron chi connectivity index (χ3n) is 17.8. The number of imide groups is 1. The number of hydrogen-bond donors (Lipinski definition) is 7. The van der Waals surface area contributed by atoms with Gasteiger partial charge in [0.05, 0.1) is 180 Å². The highest BCUT2D eigenvalue weighted by atomic mass is 16.6. The number of benzene rings is 3. The molecule has 6 atom stereocenters. The molecule has 8 rings (SSSR count). The van der Waals surface area contributed by atoms with Crippen LogP contribution in [0.1, 0.15) is 85.6 Å². The van der Waals surface area contributed by atoms with E-state index < -0.39 is 90.0 Å². The predicted octanol–water partition coefficient (Wildman–Crippen LogP) is 2.24. The van der Waals surface area contributed by atoms with Crippen molar-refractivity contribution >= 4 is 76.5 Å². The Morgan fingerprint density at radius 1 is 0.561 bits per heavy atom. The average molecular weight is 1510 g/mol. The van der Waals surface area contributed by atoms with E-state index in [1.54, 1.807) is 38.1 Å². The monoisotopic (exact) mass is 1510 g/mol. The van der Waals surface area contributed by atoms with Crippen LogP contribution in [0.15, 0.2) is 60.7 Å². The van der Waals surface area contributed by atoms with Crippen molar-refractivity contribution in [3.8, 4) is 23.0 Å². The first kappa shape index (κ1) is 83.3. The molecule has 7 N–H and O–H groups in total. The number of hydrogen-bond acceptors (Lipinski definition) is 25. The molecule has 3 aromatic carbocycles. The van der Waals surface area contributed by atoms with Crippen LogP contribution in [0.2, 0.25) is 0 Å². The Kier molecular flexibility index (Phi) is 33.4. The number of anilines is 3. The van der Waals surface area contributed by atoms with E-state index in [9.17, 15) is 63.3 Å². The van der Waals surface area contributed by atoms with Crippen LogP contribution >= 0.6 is 0 Å². The zero-order chi connectivity index (χ0) is 76.8. The Morgan fingerprint density at radius 3 is 1.61 bits per heavy atom. The number of fused-ring (bicyclic) bond motifs is 4. The summed E-state index contributed by atoms with van der Waals surface area (Å²) in [5.74, 6) is -3.24. The summed E-state index contributed by atoms with van der Waals surface area (Å²) < 4.78 is 73.3.